The summed E-state index contributed by atoms with van der Waals surface area (Å²) in [5.74, 6) is 0. The number of fused-ring (bicyclic) bond motifs is 1. The highest BCUT2D eigenvalue weighted by Crippen LogP contribution is 2.39. The highest BCUT2D eigenvalue weighted by molar-refractivity contribution is 6.03. The van der Waals surface area contributed by atoms with Crippen LogP contribution < -0.4 is 16.4 Å². The summed E-state index contributed by atoms with van der Waals surface area (Å²) in [7, 11) is 0. The molecular weight excluding hydrogens is 322 g/mol. The van der Waals surface area contributed by atoms with Crippen molar-refractivity contribution >= 4 is 22.6 Å². The van der Waals surface area contributed by atoms with Crippen LogP contribution >= 0.6 is 0 Å². The van der Waals surface area contributed by atoms with E-state index in [0.29, 0.717) is 6.54 Å². The van der Waals surface area contributed by atoms with E-state index in [1.54, 1.807) is 0 Å². The zero-order valence-corrected chi connectivity index (χ0v) is 14.3. The van der Waals surface area contributed by atoms with Gasteiger partial charge in [-0.3, -0.25) is 0 Å². The molecule has 1 aliphatic heterocycles. The molecule has 0 saturated carbocycles. The Morgan fingerprint density at radius 1 is 0.962 bits per heavy atom. The van der Waals surface area contributed by atoms with Crippen LogP contribution in [-0.2, 0) is 6.54 Å². The lowest BCUT2D eigenvalue weighted by Crippen LogP contribution is -2.16. The molecule has 1 aliphatic rings. The van der Waals surface area contributed by atoms with Crippen LogP contribution in [-0.4, -0.2) is 11.3 Å². The van der Waals surface area contributed by atoms with E-state index in [2.05, 4.69) is 10.6 Å². The lowest BCUT2D eigenvalue weighted by Gasteiger charge is -2.18. The first kappa shape index (κ1) is 16.4. The number of aliphatic hydroxyl groups is 1. The monoisotopic (exact) mass is 343 g/mol. The highest BCUT2D eigenvalue weighted by atomic mass is 16.3. The largest absolute Gasteiger partial charge is 0.369 e. The molecule has 1 unspecified atom stereocenters. The van der Waals surface area contributed by atoms with Crippen LogP contribution in [0.5, 0.6) is 0 Å². The second-order valence-electron chi connectivity index (χ2n) is 6.28. The van der Waals surface area contributed by atoms with Crippen molar-refractivity contribution in [1.82, 2.24) is 0 Å². The fourth-order valence-electron chi connectivity index (χ4n) is 3.30. The van der Waals surface area contributed by atoms with Crippen molar-refractivity contribution in [3.8, 4) is 0 Å². The maximum Gasteiger partial charge on any atom is 0.153 e. The van der Waals surface area contributed by atoms with Gasteiger partial charge in [-0.05, 0) is 29.3 Å². The number of hydrogen-bond donors (Lipinski definition) is 4. The molecule has 0 amide bonds. The van der Waals surface area contributed by atoms with Crippen molar-refractivity contribution in [2.45, 2.75) is 12.8 Å². The zero-order chi connectivity index (χ0) is 17.9. The first-order chi connectivity index (χ1) is 12.8. The van der Waals surface area contributed by atoms with E-state index in [1.807, 2.05) is 78.9 Å². The van der Waals surface area contributed by atoms with E-state index in [0.717, 1.165) is 39.3 Å². The number of nitrogens with one attached hydrogen (secondary N) is 2. The zero-order valence-electron chi connectivity index (χ0n) is 14.3. The van der Waals surface area contributed by atoms with Crippen molar-refractivity contribution in [3.05, 3.63) is 95.6 Å². The lowest BCUT2D eigenvalue weighted by atomic mass is 9.99. The van der Waals surface area contributed by atoms with Gasteiger partial charge in [-0.15, -0.1) is 0 Å². The van der Waals surface area contributed by atoms with E-state index < -0.39 is 6.23 Å². The van der Waals surface area contributed by atoms with E-state index >= 15 is 0 Å². The summed E-state index contributed by atoms with van der Waals surface area (Å²) >= 11 is 0. The molecule has 1 heterocycles. The Bertz CT molecular complexity index is 950. The van der Waals surface area contributed by atoms with Crippen LogP contribution in [0.4, 0.5) is 11.4 Å². The predicted octanol–water partition coefficient (Wildman–Crippen LogP) is 3.87. The summed E-state index contributed by atoms with van der Waals surface area (Å²) in [4.78, 5) is 0. The molecule has 0 radical (unpaired) electrons. The molecular formula is C22H21N3O. The van der Waals surface area contributed by atoms with Gasteiger partial charge >= 0.3 is 0 Å². The van der Waals surface area contributed by atoms with Gasteiger partial charge in [0.25, 0.3) is 0 Å². The van der Waals surface area contributed by atoms with Crippen LogP contribution in [0.1, 0.15) is 16.7 Å². The molecule has 3 aromatic carbocycles. The van der Waals surface area contributed by atoms with Crippen LogP contribution in [0.15, 0.2) is 78.9 Å². The first-order valence-electron chi connectivity index (χ1n) is 8.66. The van der Waals surface area contributed by atoms with Gasteiger partial charge in [0.2, 0.25) is 0 Å². The number of benzene rings is 3. The van der Waals surface area contributed by atoms with Gasteiger partial charge in [0.1, 0.15) is 0 Å². The number of nitrogens with two attached hydrogens (primary N) is 1. The molecule has 0 bridgehead atoms. The molecule has 1 atom stereocenters. The second-order valence-corrected chi connectivity index (χ2v) is 6.28. The average molecular weight is 343 g/mol. The average Bonchev–Trinajstić information content (AvgIpc) is 3.02. The minimum Gasteiger partial charge on any atom is -0.369 e. The molecule has 5 N–H and O–H groups in total. The molecule has 4 heteroatoms. The number of aliphatic hydroxyl groups excluding tert-OH is 1. The normalized spacial score (nSPS) is 17.4. The third kappa shape index (κ3) is 3.08. The van der Waals surface area contributed by atoms with Crippen LogP contribution in [0.25, 0.3) is 11.3 Å². The number of rotatable bonds is 4. The van der Waals surface area contributed by atoms with Crippen LogP contribution in [0.2, 0.25) is 0 Å². The Hall–Kier alpha value is -3.08. The Morgan fingerprint density at radius 3 is 2.54 bits per heavy atom. The summed E-state index contributed by atoms with van der Waals surface area (Å²) < 4.78 is 0. The quantitative estimate of drug-likeness (QED) is 0.580. The van der Waals surface area contributed by atoms with Crippen LogP contribution in [0.3, 0.4) is 0 Å². The van der Waals surface area contributed by atoms with Gasteiger partial charge in [0.15, 0.2) is 6.23 Å². The molecule has 4 rings (SSSR count). The van der Waals surface area contributed by atoms with E-state index in [9.17, 15) is 5.11 Å². The van der Waals surface area contributed by atoms with Gasteiger partial charge in [-0.1, -0.05) is 60.7 Å². The fraction of sp³-hybridized carbons (Fsp3) is 0.0909. The van der Waals surface area contributed by atoms with Gasteiger partial charge in [-0.2, -0.15) is 0 Å². The van der Waals surface area contributed by atoms with Gasteiger partial charge in [0.05, 0.1) is 5.70 Å². The molecule has 0 spiro atoms. The van der Waals surface area contributed by atoms with Crippen LogP contribution in [0, 0.1) is 0 Å². The van der Waals surface area contributed by atoms with Gasteiger partial charge < -0.3 is 21.5 Å². The topological polar surface area (TPSA) is 70.3 Å². The van der Waals surface area contributed by atoms with Crippen molar-refractivity contribution in [2.75, 3.05) is 10.6 Å². The van der Waals surface area contributed by atoms with Crippen molar-refractivity contribution < 1.29 is 5.11 Å². The van der Waals surface area contributed by atoms with Crippen molar-refractivity contribution in [1.29, 1.82) is 0 Å². The summed E-state index contributed by atoms with van der Waals surface area (Å²) in [6, 6.07) is 26.0. The summed E-state index contributed by atoms with van der Waals surface area (Å²) in [6.07, 6.45) is -0.771. The SMILES string of the molecule is NCc1cccc(N/C(=C2/c3ccccc3NC2O)c2ccccc2)c1. The van der Waals surface area contributed by atoms with Crippen molar-refractivity contribution in [3.63, 3.8) is 0 Å². The third-order valence-corrected chi connectivity index (χ3v) is 4.55. The Balaban J connectivity index is 1.87. The predicted molar refractivity (Wildman–Crippen MR) is 107 cm³/mol. The second kappa shape index (κ2) is 7.04. The number of anilines is 2. The minimum atomic E-state index is -0.771. The third-order valence-electron chi connectivity index (χ3n) is 4.55. The smallest absolute Gasteiger partial charge is 0.153 e. The summed E-state index contributed by atoms with van der Waals surface area (Å²) in [5, 5.41) is 17.3. The molecule has 4 nitrogen and oxygen atoms in total. The number of para-hydroxylation sites is 1. The summed E-state index contributed by atoms with van der Waals surface area (Å²) in [5.41, 5.74) is 12.4. The molecule has 26 heavy (non-hydrogen) atoms. The Morgan fingerprint density at radius 2 is 1.73 bits per heavy atom. The molecule has 0 saturated heterocycles. The first-order valence-corrected chi connectivity index (χ1v) is 8.66. The maximum absolute atomic E-state index is 10.7. The minimum absolute atomic E-state index is 0.486. The van der Waals surface area contributed by atoms with Gasteiger partial charge in [0, 0.05) is 29.1 Å². The van der Waals surface area contributed by atoms with Gasteiger partial charge in [-0.25, -0.2) is 0 Å². The van der Waals surface area contributed by atoms with E-state index in [-0.39, 0.29) is 0 Å². The molecule has 3 aromatic rings. The summed E-state index contributed by atoms with van der Waals surface area (Å²) in [6.45, 7) is 0.486. The fourth-order valence-corrected chi connectivity index (χ4v) is 3.30. The molecule has 0 aromatic heterocycles. The van der Waals surface area contributed by atoms with E-state index in [4.69, 9.17) is 5.73 Å². The van der Waals surface area contributed by atoms with Crippen molar-refractivity contribution in [2.24, 2.45) is 5.73 Å². The Kier molecular flexibility index (Phi) is 4.44. The number of hydrogen-bond acceptors (Lipinski definition) is 4. The molecule has 0 fully saturated rings. The molecule has 0 aliphatic carbocycles. The molecule has 130 valence electrons. The highest BCUT2D eigenvalue weighted by Gasteiger charge is 2.28. The lowest BCUT2D eigenvalue weighted by molar-refractivity contribution is 0.266. The standard InChI is InChI=1S/C22H21N3O/c23-14-15-7-6-10-17(13-15)24-21(16-8-2-1-3-9-16)20-18-11-4-5-12-19(18)25-22(20)26/h1-13,22,24-26H,14,23H2/b21-20-. The maximum atomic E-state index is 10.7. The van der Waals surface area contributed by atoms with E-state index in [1.165, 1.54) is 0 Å². The Labute approximate surface area is 153 Å².